The number of piperidine rings is 1. The Morgan fingerprint density at radius 3 is 2.81 bits per heavy atom. The zero-order valence-electron chi connectivity index (χ0n) is 13.9. The van der Waals surface area contributed by atoms with Crippen molar-refractivity contribution < 1.29 is 18.4 Å². The van der Waals surface area contributed by atoms with Crippen molar-refractivity contribution in [2.24, 2.45) is 0 Å². The molecule has 0 bridgehead atoms. The molecule has 3 heterocycles. The summed E-state index contributed by atoms with van der Waals surface area (Å²) in [6.07, 6.45) is 0.942. The van der Waals surface area contributed by atoms with Crippen LogP contribution in [0.3, 0.4) is 0 Å². The molecule has 0 radical (unpaired) electrons. The van der Waals surface area contributed by atoms with Crippen molar-refractivity contribution >= 4 is 40.7 Å². The van der Waals surface area contributed by atoms with Crippen LogP contribution in [0.1, 0.15) is 30.6 Å². The number of carbonyl (C=O) groups excluding carboxylic acids is 2. The topological polar surface area (TPSA) is 76.5 Å². The first kappa shape index (κ1) is 19.0. The average Bonchev–Trinajstić information content (AvgIpc) is 3.16. The van der Waals surface area contributed by atoms with Gasteiger partial charge in [-0.15, -0.1) is 11.3 Å². The lowest BCUT2D eigenvalue weighted by Gasteiger charge is -2.36. The second-order valence-electron chi connectivity index (χ2n) is 6.45. The highest BCUT2D eigenvalue weighted by molar-refractivity contribution is 7.16. The summed E-state index contributed by atoms with van der Waals surface area (Å²) in [7, 11) is 0. The van der Waals surface area contributed by atoms with Crippen LogP contribution in [-0.2, 0) is 11.3 Å². The number of amidine groups is 1. The maximum absolute atomic E-state index is 13.4. The van der Waals surface area contributed by atoms with E-state index in [2.05, 4.69) is 5.32 Å². The van der Waals surface area contributed by atoms with E-state index < -0.39 is 30.4 Å². The van der Waals surface area contributed by atoms with E-state index in [1.807, 2.05) is 0 Å². The Bertz CT molecular complexity index is 727. The number of hydrogen-bond acceptors (Lipinski definition) is 4. The van der Waals surface area contributed by atoms with Gasteiger partial charge in [-0.25, -0.2) is 13.6 Å². The van der Waals surface area contributed by atoms with E-state index in [1.165, 1.54) is 11.3 Å². The molecule has 2 N–H and O–H groups in total. The summed E-state index contributed by atoms with van der Waals surface area (Å²) in [4.78, 5) is 28.3. The Hall–Kier alpha value is -1.74. The van der Waals surface area contributed by atoms with Gasteiger partial charge in [0.1, 0.15) is 11.9 Å². The Kier molecular flexibility index (Phi) is 5.47. The number of urea groups is 1. The Labute approximate surface area is 158 Å². The number of hydrogen-bond donors (Lipinski definition) is 2. The number of alkyl halides is 2. The molecule has 0 aromatic carbocycles. The highest BCUT2D eigenvalue weighted by Gasteiger charge is 2.45. The molecule has 2 aliphatic rings. The summed E-state index contributed by atoms with van der Waals surface area (Å²) in [6, 6.07) is 2.03. The summed E-state index contributed by atoms with van der Waals surface area (Å²) in [5.74, 6) is -3.37. The lowest BCUT2D eigenvalue weighted by Crippen LogP contribution is -2.57. The van der Waals surface area contributed by atoms with Gasteiger partial charge in [0.05, 0.1) is 17.4 Å². The van der Waals surface area contributed by atoms with Crippen LogP contribution in [0.5, 0.6) is 0 Å². The molecule has 2 aliphatic heterocycles. The molecule has 2 saturated heterocycles. The van der Waals surface area contributed by atoms with Crippen LogP contribution in [-0.4, -0.2) is 52.6 Å². The van der Waals surface area contributed by atoms with Gasteiger partial charge in [0, 0.05) is 24.3 Å². The molecule has 10 heteroatoms. The quantitative estimate of drug-likeness (QED) is 0.810. The van der Waals surface area contributed by atoms with Gasteiger partial charge in [-0.2, -0.15) is 0 Å². The molecule has 1 aromatic rings. The molecule has 1 atom stereocenters. The molecule has 6 nitrogen and oxygen atoms in total. The minimum atomic E-state index is -2.89. The van der Waals surface area contributed by atoms with E-state index in [1.54, 1.807) is 12.1 Å². The third-order valence-electron chi connectivity index (χ3n) is 4.52. The number of nitrogens with one attached hydrogen (secondary N) is 2. The van der Waals surface area contributed by atoms with Crippen molar-refractivity contribution in [2.75, 3.05) is 13.1 Å². The predicted molar refractivity (Wildman–Crippen MR) is 94.9 cm³/mol. The van der Waals surface area contributed by atoms with Gasteiger partial charge in [-0.3, -0.25) is 15.1 Å². The molecular formula is C16H19ClF2N4O2S. The number of likely N-dealkylation sites (tertiary alicyclic amines) is 2. The predicted octanol–water partition coefficient (Wildman–Crippen LogP) is 3.31. The van der Waals surface area contributed by atoms with E-state index in [4.69, 9.17) is 17.0 Å². The van der Waals surface area contributed by atoms with Crippen LogP contribution in [0.2, 0.25) is 4.34 Å². The van der Waals surface area contributed by atoms with Crippen molar-refractivity contribution in [1.29, 1.82) is 5.41 Å². The minimum absolute atomic E-state index is 0.0289. The summed E-state index contributed by atoms with van der Waals surface area (Å²) in [5, 5.41) is 10.7. The van der Waals surface area contributed by atoms with Crippen LogP contribution >= 0.6 is 22.9 Å². The van der Waals surface area contributed by atoms with Gasteiger partial charge in [0.2, 0.25) is 5.91 Å². The second-order valence-corrected chi connectivity index (χ2v) is 8.25. The molecule has 142 valence electrons. The molecule has 0 spiro atoms. The number of carbonyl (C=O) groups is 2. The zero-order valence-corrected chi connectivity index (χ0v) is 15.5. The monoisotopic (exact) mass is 404 g/mol. The summed E-state index contributed by atoms with van der Waals surface area (Å²) in [6.45, 7) is -0.430. The smallest absolute Gasteiger partial charge is 0.323 e. The lowest BCUT2D eigenvalue weighted by molar-refractivity contribution is -0.136. The first-order valence-corrected chi connectivity index (χ1v) is 9.51. The van der Waals surface area contributed by atoms with Crippen LogP contribution in [0.4, 0.5) is 13.6 Å². The number of thiophene rings is 1. The standard InChI is InChI=1S/C16H19ClF2N4O2S/c17-12-5-4-10(26-12)8-21-15(25)23-11(2-1-3-13(23)20)14(24)22-7-6-16(18,19)9-22/h4-5,11,20H,1-3,6-9H2,(H,21,25). The van der Waals surface area contributed by atoms with E-state index in [9.17, 15) is 18.4 Å². The van der Waals surface area contributed by atoms with E-state index in [0.29, 0.717) is 23.6 Å². The van der Waals surface area contributed by atoms with Crippen LogP contribution in [0.25, 0.3) is 0 Å². The van der Waals surface area contributed by atoms with Crippen molar-refractivity contribution in [1.82, 2.24) is 15.1 Å². The second kappa shape index (κ2) is 7.48. The molecule has 2 fully saturated rings. The summed E-state index contributed by atoms with van der Waals surface area (Å²) in [5.41, 5.74) is 0. The maximum atomic E-state index is 13.4. The van der Waals surface area contributed by atoms with E-state index in [0.717, 1.165) is 14.7 Å². The van der Waals surface area contributed by atoms with Crippen molar-refractivity contribution in [3.8, 4) is 0 Å². The minimum Gasteiger partial charge on any atom is -0.335 e. The highest BCUT2D eigenvalue weighted by Crippen LogP contribution is 2.29. The molecule has 1 unspecified atom stereocenters. The fraction of sp³-hybridized carbons (Fsp3) is 0.562. The number of amides is 3. The lowest BCUT2D eigenvalue weighted by atomic mass is 10.0. The SMILES string of the molecule is N=C1CCCC(C(=O)N2CCC(F)(F)C2)N1C(=O)NCc1ccc(Cl)s1. The third kappa shape index (κ3) is 4.15. The average molecular weight is 405 g/mol. The van der Waals surface area contributed by atoms with Gasteiger partial charge in [-0.05, 0) is 25.0 Å². The number of halogens is 3. The Morgan fingerprint density at radius 2 is 2.19 bits per heavy atom. The molecule has 0 saturated carbocycles. The molecule has 3 amide bonds. The van der Waals surface area contributed by atoms with Gasteiger partial charge in [0.15, 0.2) is 0 Å². The maximum Gasteiger partial charge on any atom is 0.323 e. The Balaban J connectivity index is 1.68. The van der Waals surface area contributed by atoms with E-state index in [-0.39, 0.29) is 25.3 Å². The van der Waals surface area contributed by atoms with Gasteiger partial charge in [-0.1, -0.05) is 11.6 Å². The highest BCUT2D eigenvalue weighted by atomic mass is 35.5. The number of nitrogens with zero attached hydrogens (tertiary/aromatic N) is 2. The van der Waals surface area contributed by atoms with Gasteiger partial charge < -0.3 is 10.2 Å². The molecule has 0 aliphatic carbocycles. The van der Waals surface area contributed by atoms with Crippen molar-refractivity contribution in [2.45, 2.75) is 44.2 Å². The largest absolute Gasteiger partial charge is 0.335 e. The summed E-state index contributed by atoms with van der Waals surface area (Å²) < 4.78 is 27.5. The van der Waals surface area contributed by atoms with Crippen LogP contribution in [0, 0.1) is 5.41 Å². The normalized spacial score (nSPS) is 22.6. The van der Waals surface area contributed by atoms with Crippen molar-refractivity contribution in [3.63, 3.8) is 0 Å². The first-order chi connectivity index (χ1) is 12.3. The molecule has 1 aromatic heterocycles. The van der Waals surface area contributed by atoms with Gasteiger partial charge >= 0.3 is 6.03 Å². The van der Waals surface area contributed by atoms with E-state index >= 15 is 0 Å². The fourth-order valence-electron chi connectivity index (χ4n) is 3.23. The zero-order chi connectivity index (χ0) is 18.9. The molecule has 3 rings (SSSR count). The first-order valence-electron chi connectivity index (χ1n) is 8.32. The van der Waals surface area contributed by atoms with Crippen LogP contribution in [0.15, 0.2) is 12.1 Å². The third-order valence-corrected chi connectivity index (χ3v) is 5.75. The fourth-order valence-corrected chi connectivity index (χ4v) is 4.26. The number of rotatable bonds is 3. The van der Waals surface area contributed by atoms with Crippen molar-refractivity contribution in [3.05, 3.63) is 21.3 Å². The van der Waals surface area contributed by atoms with Crippen LogP contribution < -0.4 is 5.32 Å². The van der Waals surface area contributed by atoms with Gasteiger partial charge in [0.25, 0.3) is 5.92 Å². The summed E-state index contributed by atoms with van der Waals surface area (Å²) >= 11 is 7.18. The Morgan fingerprint density at radius 1 is 1.42 bits per heavy atom. The molecular weight excluding hydrogens is 386 g/mol. The molecule has 26 heavy (non-hydrogen) atoms.